The molecule has 3 rings (SSSR count). The van der Waals surface area contributed by atoms with Gasteiger partial charge in [-0.25, -0.2) is 9.97 Å². The van der Waals surface area contributed by atoms with Gasteiger partial charge in [0.1, 0.15) is 5.75 Å². The van der Waals surface area contributed by atoms with Gasteiger partial charge in [-0.05, 0) is 63.2 Å². The summed E-state index contributed by atoms with van der Waals surface area (Å²) in [6.45, 7) is 6.92. The Kier molecular flexibility index (Phi) is 6.39. The molecule has 2 amide bonds. The van der Waals surface area contributed by atoms with Gasteiger partial charge in [0, 0.05) is 24.2 Å². The van der Waals surface area contributed by atoms with Crippen LogP contribution in [0.4, 0.5) is 0 Å². The van der Waals surface area contributed by atoms with E-state index < -0.39 is 0 Å². The Bertz CT molecular complexity index is 1030. The highest BCUT2D eigenvalue weighted by Gasteiger charge is 2.09. The van der Waals surface area contributed by atoms with Crippen molar-refractivity contribution >= 4 is 22.8 Å². The van der Waals surface area contributed by atoms with Gasteiger partial charge in [-0.3, -0.25) is 9.59 Å². The molecule has 0 fully saturated rings. The number of nitrogens with zero attached hydrogens (tertiary/aromatic N) is 2. The minimum atomic E-state index is -0.220. The Labute approximate surface area is 169 Å². The summed E-state index contributed by atoms with van der Waals surface area (Å²) in [5.41, 5.74) is 4.20. The molecule has 2 N–H and O–H groups in total. The van der Waals surface area contributed by atoms with Gasteiger partial charge in [0.2, 0.25) is 0 Å². The average molecular weight is 392 g/mol. The number of benzene rings is 2. The summed E-state index contributed by atoms with van der Waals surface area (Å²) in [5, 5.41) is 5.58. The lowest BCUT2D eigenvalue weighted by Crippen LogP contribution is -2.34. The quantitative estimate of drug-likeness (QED) is 0.603. The maximum Gasteiger partial charge on any atom is 0.251 e. The zero-order valence-electron chi connectivity index (χ0n) is 16.8. The van der Waals surface area contributed by atoms with E-state index in [1.54, 1.807) is 42.5 Å². The van der Waals surface area contributed by atoms with E-state index in [0.717, 1.165) is 22.7 Å². The zero-order chi connectivity index (χ0) is 20.8. The van der Waals surface area contributed by atoms with Crippen LogP contribution in [-0.2, 0) is 0 Å². The van der Waals surface area contributed by atoms with Crippen LogP contribution in [0.15, 0.2) is 42.5 Å². The predicted octanol–water partition coefficient (Wildman–Crippen LogP) is 2.81. The van der Waals surface area contributed by atoms with E-state index in [4.69, 9.17) is 4.74 Å². The van der Waals surface area contributed by atoms with Crippen molar-refractivity contribution in [2.45, 2.75) is 20.8 Å². The zero-order valence-corrected chi connectivity index (χ0v) is 16.8. The van der Waals surface area contributed by atoms with Gasteiger partial charge in [0.15, 0.2) is 0 Å². The molecule has 0 saturated carbocycles. The number of fused-ring (bicyclic) bond motifs is 1. The van der Waals surface area contributed by atoms with E-state index in [1.165, 1.54) is 0 Å². The Morgan fingerprint density at radius 2 is 1.38 bits per heavy atom. The number of carbonyl (C=O) groups excluding carboxylic acids is 2. The fourth-order valence-electron chi connectivity index (χ4n) is 2.80. The third kappa shape index (κ3) is 5.07. The Morgan fingerprint density at radius 3 is 2.00 bits per heavy atom. The molecule has 29 heavy (non-hydrogen) atoms. The normalized spacial score (nSPS) is 10.6. The molecule has 2 aromatic carbocycles. The number of carbonyl (C=O) groups is 2. The van der Waals surface area contributed by atoms with E-state index >= 15 is 0 Å². The number of nitrogens with one attached hydrogen (secondary N) is 2. The molecule has 0 aliphatic heterocycles. The molecule has 1 aromatic heterocycles. The molecule has 7 nitrogen and oxygen atoms in total. The molecule has 0 atom stereocenters. The Hall–Kier alpha value is -3.48. The first-order valence-corrected chi connectivity index (χ1v) is 9.52. The highest BCUT2D eigenvalue weighted by Crippen LogP contribution is 2.14. The van der Waals surface area contributed by atoms with Crippen molar-refractivity contribution in [2.24, 2.45) is 0 Å². The fraction of sp³-hybridized carbons (Fsp3) is 0.273. The number of rotatable bonds is 7. The van der Waals surface area contributed by atoms with Crippen LogP contribution >= 0.6 is 0 Å². The molecule has 1 heterocycles. The summed E-state index contributed by atoms with van der Waals surface area (Å²) in [6.07, 6.45) is 0. The SMILES string of the molecule is CCOc1ccc(C(=O)NCCNC(=O)c2ccc3nc(C)c(C)nc3c2)cc1. The molecule has 0 radical (unpaired) electrons. The summed E-state index contributed by atoms with van der Waals surface area (Å²) in [4.78, 5) is 33.5. The fourth-order valence-corrected chi connectivity index (χ4v) is 2.80. The van der Waals surface area contributed by atoms with Gasteiger partial charge >= 0.3 is 0 Å². The molecular weight excluding hydrogens is 368 g/mol. The number of aromatic nitrogens is 2. The minimum absolute atomic E-state index is 0.200. The van der Waals surface area contributed by atoms with Crippen molar-refractivity contribution in [1.82, 2.24) is 20.6 Å². The van der Waals surface area contributed by atoms with E-state index in [9.17, 15) is 9.59 Å². The number of hydrogen-bond donors (Lipinski definition) is 2. The second-order valence-corrected chi connectivity index (χ2v) is 6.57. The summed E-state index contributed by atoms with van der Waals surface area (Å²) in [5.74, 6) is 0.304. The highest BCUT2D eigenvalue weighted by atomic mass is 16.5. The lowest BCUT2D eigenvalue weighted by molar-refractivity contribution is 0.0927. The highest BCUT2D eigenvalue weighted by molar-refractivity contribution is 5.97. The van der Waals surface area contributed by atoms with Crippen LogP contribution < -0.4 is 15.4 Å². The van der Waals surface area contributed by atoms with E-state index in [0.29, 0.717) is 36.3 Å². The summed E-state index contributed by atoms with van der Waals surface area (Å²) in [7, 11) is 0. The monoisotopic (exact) mass is 392 g/mol. The van der Waals surface area contributed by atoms with Crippen LogP contribution in [0, 0.1) is 13.8 Å². The van der Waals surface area contributed by atoms with Crippen LogP contribution in [0.25, 0.3) is 11.0 Å². The van der Waals surface area contributed by atoms with E-state index in [1.807, 2.05) is 20.8 Å². The number of hydrogen-bond acceptors (Lipinski definition) is 5. The molecule has 0 saturated heterocycles. The minimum Gasteiger partial charge on any atom is -0.494 e. The first-order chi connectivity index (χ1) is 14.0. The topological polar surface area (TPSA) is 93.2 Å². The van der Waals surface area contributed by atoms with Gasteiger partial charge < -0.3 is 15.4 Å². The Balaban J connectivity index is 1.51. The third-order valence-corrected chi connectivity index (χ3v) is 4.46. The molecule has 0 unspecified atom stereocenters. The van der Waals surface area contributed by atoms with Crippen molar-refractivity contribution in [2.75, 3.05) is 19.7 Å². The molecule has 150 valence electrons. The smallest absolute Gasteiger partial charge is 0.251 e. The second kappa shape index (κ2) is 9.14. The van der Waals surface area contributed by atoms with Crippen molar-refractivity contribution < 1.29 is 14.3 Å². The molecule has 0 bridgehead atoms. The average Bonchev–Trinajstić information content (AvgIpc) is 2.72. The molecular formula is C22H24N4O3. The molecule has 3 aromatic rings. The van der Waals surface area contributed by atoms with Crippen LogP contribution in [0.5, 0.6) is 5.75 Å². The van der Waals surface area contributed by atoms with Crippen LogP contribution in [0.3, 0.4) is 0 Å². The van der Waals surface area contributed by atoms with Crippen LogP contribution in [0.1, 0.15) is 39.0 Å². The summed E-state index contributed by atoms with van der Waals surface area (Å²) in [6, 6.07) is 12.2. The summed E-state index contributed by atoms with van der Waals surface area (Å²) < 4.78 is 5.36. The maximum atomic E-state index is 12.4. The van der Waals surface area contributed by atoms with Gasteiger partial charge in [-0.1, -0.05) is 0 Å². The number of aryl methyl sites for hydroxylation is 2. The maximum absolute atomic E-state index is 12.4. The third-order valence-electron chi connectivity index (χ3n) is 4.46. The number of amides is 2. The van der Waals surface area contributed by atoms with Crippen molar-refractivity contribution in [3.8, 4) is 5.75 Å². The molecule has 0 aliphatic rings. The molecule has 0 aliphatic carbocycles. The molecule has 7 heteroatoms. The Morgan fingerprint density at radius 1 is 0.828 bits per heavy atom. The number of ether oxygens (including phenoxy) is 1. The second-order valence-electron chi connectivity index (χ2n) is 6.57. The standard InChI is InChI=1S/C22H24N4O3/c1-4-29-18-8-5-16(6-9-18)21(27)23-11-12-24-22(28)17-7-10-19-20(13-17)26-15(3)14(2)25-19/h5-10,13H,4,11-12H2,1-3H3,(H,23,27)(H,24,28). The van der Waals surface area contributed by atoms with E-state index in [2.05, 4.69) is 20.6 Å². The van der Waals surface area contributed by atoms with Gasteiger partial charge in [0.05, 0.1) is 29.0 Å². The van der Waals surface area contributed by atoms with Gasteiger partial charge in [-0.15, -0.1) is 0 Å². The van der Waals surface area contributed by atoms with Crippen molar-refractivity contribution in [3.63, 3.8) is 0 Å². The van der Waals surface area contributed by atoms with Crippen LogP contribution in [-0.4, -0.2) is 41.5 Å². The summed E-state index contributed by atoms with van der Waals surface area (Å²) >= 11 is 0. The van der Waals surface area contributed by atoms with Crippen LogP contribution in [0.2, 0.25) is 0 Å². The van der Waals surface area contributed by atoms with Gasteiger partial charge in [-0.2, -0.15) is 0 Å². The first kappa shape index (κ1) is 20.3. The van der Waals surface area contributed by atoms with Crippen molar-refractivity contribution in [1.29, 1.82) is 0 Å². The largest absolute Gasteiger partial charge is 0.494 e. The predicted molar refractivity (Wildman–Crippen MR) is 111 cm³/mol. The van der Waals surface area contributed by atoms with Gasteiger partial charge in [0.25, 0.3) is 11.8 Å². The van der Waals surface area contributed by atoms with Crippen molar-refractivity contribution in [3.05, 3.63) is 65.0 Å². The lowest BCUT2D eigenvalue weighted by Gasteiger charge is -2.09. The lowest BCUT2D eigenvalue weighted by atomic mass is 10.1. The first-order valence-electron chi connectivity index (χ1n) is 9.52. The molecule has 0 spiro atoms. The van der Waals surface area contributed by atoms with E-state index in [-0.39, 0.29) is 11.8 Å².